The Morgan fingerprint density at radius 1 is 1.10 bits per heavy atom. The quantitative estimate of drug-likeness (QED) is 0.348. The van der Waals surface area contributed by atoms with Gasteiger partial charge >= 0.3 is 18.3 Å². The van der Waals surface area contributed by atoms with Gasteiger partial charge in [0.15, 0.2) is 0 Å². The summed E-state index contributed by atoms with van der Waals surface area (Å²) in [6, 6.07) is 0. The first-order valence-corrected chi connectivity index (χ1v) is 10.3. The Morgan fingerprint density at radius 3 is 2.00 bits per heavy atom. The first-order chi connectivity index (χ1) is 14.0. The number of aliphatic hydroxyl groups is 1. The van der Waals surface area contributed by atoms with Gasteiger partial charge in [0, 0.05) is 11.0 Å². The smallest absolute Gasteiger partial charge is 0.428 e. The van der Waals surface area contributed by atoms with Crippen LogP contribution >= 0.6 is 0 Å². The number of carbonyl (C=O) groups is 1. The average molecular weight is 458 g/mol. The van der Waals surface area contributed by atoms with Gasteiger partial charge in [-0.05, 0) is 70.6 Å². The van der Waals surface area contributed by atoms with Gasteiger partial charge < -0.3 is 14.6 Å². The Balaban J connectivity index is 1.82. The lowest BCUT2D eigenvalue weighted by Gasteiger charge is -2.64. The Morgan fingerprint density at radius 2 is 1.58 bits per heavy atom. The Kier molecular flexibility index (Phi) is 5.79. The van der Waals surface area contributed by atoms with Crippen molar-refractivity contribution in [2.45, 2.75) is 82.5 Å². The van der Waals surface area contributed by atoms with Crippen LogP contribution in [0.4, 0.5) is 26.3 Å². The fourth-order valence-corrected chi connectivity index (χ4v) is 6.15. The lowest BCUT2D eigenvalue weighted by Crippen LogP contribution is -2.68. The maximum Gasteiger partial charge on any atom is 0.428 e. The van der Waals surface area contributed by atoms with E-state index >= 15 is 0 Å². The molecular formula is C21H28F6O4. The Labute approximate surface area is 177 Å². The molecule has 4 aliphatic carbocycles. The van der Waals surface area contributed by atoms with E-state index in [-0.39, 0.29) is 35.3 Å². The van der Waals surface area contributed by atoms with Gasteiger partial charge in [-0.3, -0.25) is 0 Å². The molecule has 0 amide bonds. The maximum atomic E-state index is 13.3. The minimum atomic E-state index is -5.94. The average Bonchev–Trinajstić information content (AvgIpc) is 2.61. The molecule has 4 rings (SSSR count). The molecule has 10 heteroatoms. The summed E-state index contributed by atoms with van der Waals surface area (Å²) in [4.78, 5) is 11.8. The van der Waals surface area contributed by atoms with E-state index in [1.807, 2.05) is 0 Å². The first kappa shape index (κ1) is 24.4. The summed E-state index contributed by atoms with van der Waals surface area (Å²) in [6.07, 6.45) is -11.4. The van der Waals surface area contributed by atoms with Crippen LogP contribution in [0.25, 0.3) is 0 Å². The van der Waals surface area contributed by atoms with E-state index in [2.05, 4.69) is 6.58 Å². The van der Waals surface area contributed by atoms with Crippen molar-refractivity contribution in [3.8, 4) is 0 Å². The van der Waals surface area contributed by atoms with Crippen molar-refractivity contribution in [3.63, 3.8) is 0 Å². The molecule has 3 atom stereocenters. The van der Waals surface area contributed by atoms with Crippen molar-refractivity contribution in [2.24, 2.45) is 23.2 Å². The maximum absolute atomic E-state index is 13.3. The van der Waals surface area contributed by atoms with Gasteiger partial charge in [0.05, 0.1) is 12.2 Å². The summed E-state index contributed by atoms with van der Waals surface area (Å²) in [5, 5.41) is 9.73. The zero-order valence-electron chi connectivity index (χ0n) is 17.7. The third-order valence-corrected chi connectivity index (χ3v) is 7.68. The molecule has 0 aromatic heterocycles. The van der Waals surface area contributed by atoms with Crippen LogP contribution in [-0.2, 0) is 14.3 Å². The number of rotatable bonds is 6. The largest absolute Gasteiger partial charge is 0.462 e. The summed E-state index contributed by atoms with van der Waals surface area (Å²) < 4.78 is 90.6. The molecule has 0 aromatic rings. The Hall–Kier alpha value is -1.29. The molecule has 0 aromatic carbocycles. The molecule has 4 saturated carbocycles. The summed E-state index contributed by atoms with van der Waals surface area (Å²) in [6.45, 7) is 7.38. The number of carbonyl (C=O) groups excluding carboxylic acids is 1. The predicted molar refractivity (Wildman–Crippen MR) is 97.8 cm³/mol. The van der Waals surface area contributed by atoms with Gasteiger partial charge in [0.1, 0.15) is 6.10 Å². The molecule has 0 saturated heterocycles. The van der Waals surface area contributed by atoms with E-state index in [1.165, 1.54) is 6.92 Å². The molecule has 4 nitrogen and oxygen atoms in total. The molecule has 1 N–H and O–H groups in total. The summed E-state index contributed by atoms with van der Waals surface area (Å²) in [5.41, 5.74) is -6.32. The molecule has 0 spiro atoms. The zero-order chi connectivity index (χ0) is 23.6. The van der Waals surface area contributed by atoms with Crippen LogP contribution < -0.4 is 0 Å². The lowest BCUT2D eigenvalue weighted by molar-refractivity contribution is -0.405. The van der Waals surface area contributed by atoms with E-state index in [4.69, 9.17) is 9.47 Å². The minimum Gasteiger partial charge on any atom is -0.462 e. The minimum absolute atomic E-state index is 0.142. The molecular weight excluding hydrogens is 430 g/mol. The van der Waals surface area contributed by atoms with Crippen molar-refractivity contribution in [1.29, 1.82) is 0 Å². The van der Waals surface area contributed by atoms with E-state index in [0.29, 0.717) is 32.6 Å². The highest BCUT2D eigenvalue weighted by Gasteiger charge is 2.75. The highest BCUT2D eigenvalue weighted by atomic mass is 19.4. The number of esters is 1. The lowest BCUT2D eigenvalue weighted by atomic mass is 9.45. The van der Waals surface area contributed by atoms with Gasteiger partial charge in [-0.15, -0.1) is 0 Å². The van der Waals surface area contributed by atoms with Crippen molar-refractivity contribution in [1.82, 2.24) is 0 Å². The number of ether oxygens (including phenoxy) is 2. The fourth-order valence-electron chi connectivity index (χ4n) is 6.15. The second-order valence-electron chi connectivity index (χ2n) is 9.91. The highest BCUT2D eigenvalue weighted by molar-refractivity contribution is 5.86. The van der Waals surface area contributed by atoms with E-state index in [9.17, 15) is 36.2 Å². The molecule has 4 fully saturated rings. The van der Waals surface area contributed by atoms with Crippen LogP contribution in [0.1, 0.15) is 52.9 Å². The Bertz CT molecular complexity index is 713. The monoisotopic (exact) mass is 458 g/mol. The van der Waals surface area contributed by atoms with Crippen LogP contribution in [0, 0.1) is 23.2 Å². The van der Waals surface area contributed by atoms with Gasteiger partial charge in [0.2, 0.25) is 0 Å². The standard InChI is InChI=1S/C21H28F6O4/c1-11(2)16(28)30-10-18-7-13-5-14(8-18)17(4,15(6-13)9-18)31-12(3)19(29,20(22,23)24)21(25,26)27/h12-15,29H,1,5-10H2,2-4H3. The molecule has 178 valence electrons. The van der Waals surface area contributed by atoms with Gasteiger partial charge in [-0.2, -0.15) is 26.3 Å². The third kappa shape index (κ3) is 3.87. The molecule has 0 radical (unpaired) electrons. The predicted octanol–water partition coefficient (Wildman–Crippen LogP) is 4.95. The van der Waals surface area contributed by atoms with Crippen LogP contribution in [0.3, 0.4) is 0 Å². The molecule has 0 heterocycles. The van der Waals surface area contributed by atoms with Gasteiger partial charge in [0.25, 0.3) is 5.60 Å². The zero-order valence-corrected chi connectivity index (χ0v) is 17.7. The molecule has 4 aliphatic rings. The van der Waals surface area contributed by atoms with Crippen LogP contribution in [0.2, 0.25) is 0 Å². The van der Waals surface area contributed by atoms with Gasteiger partial charge in [-0.1, -0.05) is 6.58 Å². The van der Waals surface area contributed by atoms with Crippen LogP contribution in [0.5, 0.6) is 0 Å². The first-order valence-electron chi connectivity index (χ1n) is 10.3. The normalized spacial score (nSPS) is 36.4. The third-order valence-electron chi connectivity index (χ3n) is 7.68. The molecule has 31 heavy (non-hydrogen) atoms. The summed E-state index contributed by atoms with van der Waals surface area (Å²) >= 11 is 0. The molecule has 0 aliphatic heterocycles. The SMILES string of the molecule is C=C(C)C(=O)OCC12CC3CC(C1)C(C)(OC(C)C(O)(C(F)(F)F)C(F)(F)F)C(C3)C2. The van der Waals surface area contributed by atoms with Crippen molar-refractivity contribution < 1.29 is 45.7 Å². The van der Waals surface area contributed by atoms with E-state index in [1.54, 1.807) is 6.92 Å². The van der Waals surface area contributed by atoms with Gasteiger partial charge in [-0.25, -0.2) is 4.79 Å². The van der Waals surface area contributed by atoms with Crippen LogP contribution in [-0.4, -0.2) is 47.3 Å². The number of alkyl halides is 6. The highest BCUT2D eigenvalue weighted by Crippen LogP contribution is 2.65. The second-order valence-corrected chi connectivity index (χ2v) is 9.91. The fraction of sp³-hybridized carbons (Fsp3) is 0.857. The summed E-state index contributed by atoms with van der Waals surface area (Å²) in [7, 11) is 0. The van der Waals surface area contributed by atoms with Crippen molar-refractivity contribution in [3.05, 3.63) is 12.2 Å². The van der Waals surface area contributed by atoms with Crippen LogP contribution in [0.15, 0.2) is 12.2 Å². The number of hydrogen-bond donors (Lipinski definition) is 1. The van der Waals surface area contributed by atoms with Crippen molar-refractivity contribution in [2.75, 3.05) is 6.61 Å². The topological polar surface area (TPSA) is 55.8 Å². The van der Waals surface area contributed by atoms with E-state index < -0.39 is 35.6 Å². The van der Waals surface area contributed by atoms with E-state index in [0.717, 1.165) is 6.42 Å². The van der Waals surface area contributed by atoms with Crippen molar-refractivity contribution >= 4 is 5.97 Å². The molecule has 4 bridgehead atoms. The second kappa shape index (κ2) is 7.37. The summed E-state index contributed by atoms with van der Waals surface area (Å²) in [5.74, 6) is -0.869. The molecule has 3 unspecified atom stereocenters. The number of halogens is 6. The number of hydrogen-bond acceptors (Lipinski definition) is 4.